The number of pyridine rings is 1. The van der Waals surface area contributed by atoms with Gasteiger partial charge in [0.25, 0.3) is 11.5 Å². The molecule has 0 atom stereocenters. The summed E-state index contributed by atoms with van der Waals surface area (Å²) in [6, 6.07) is 6.75. The van der Waals surface area contributed by atoms with Gasteiger partial charge in [0.2, 0.25) is 0 Å². The lowest BCUT2D eigenvalue weighted by molar-refractivity contribution is -0.140. The molecular weight excluding hydrogens is 457 g/mol. The number of amides is 1. The van der Waals surface area contributed by atoms with Gasteiger partial charge in [0, 0.05) is 29.4 Å². The van der Waals surface area contributed by atoms with Gasteiger partial charge in [-0.15, -0.1) is 0 Å². The van der Waals surface area contributed by atoms with Gasteiger partial charge in [-0.05, 0) is 23.8 Å². The predicted molar refractivity (Wildman–Crippen MR) is 112 cm³/mol. The van der Waals surface area contributed by atoms with Crippen LogP contribution in [0.2, 0.25) is 0 Å². The molecule has 178 valence electrons. The van der Waals surface area contributed by atoms with Gasteiger partial charge in [-0.3, -0.25) is 9.59 Å². The minimum Gasteiger partial charge on any atom is -0.489 e. The van der Waals surface area contributed by atoms with Crippen LogP contribution in [-0.2, 0) is 17.5 Å². The van der Waals surface area contributed by atoms with Gasteiger partial charge in [0.05, 0.1) is 19.8 Å². The van der Waals surface area contributed by atoms with E-state index in [2.05, 4.69) is 9.97 Å². The number of H-pyrrole nitrogens is 1. The van der Waals surface area contributed by atoms with Crippen LogP contribution in [0, 0.1) is 5.92 Å². The number of ether oxygens (including phenoxy) is 3. The molecule has 1 aliphatic rings. The lowest BCUT2D eigenvalue weighted by Crippen LogP contribution is -2.32. The summed E-state index contributed by atoms with van der Waals surface area (Å²) in [4.78, 5) is 33.1. The van der Waals surface area contributed by atoms with E-state index in [1.807, 2.05) is 0 Å². The summed E-state index contributed by atoms with van der Waals surface area (Å²) in [5, 5.41) is 0. The summed E-state index contributed by atoms with van der Waals surface area (Å²) in [5.41, 5.74) is 2.43. The van der Waals surface area contributed by atoms with Gasteiger partial charge in [0.1, 0.15) is 23.6 Å². The summed E-state index contributed by atoms with van der Waals surface area (Å²) >= 11 is 0. The average molecular weight is 476 g/mol. The lowest BCUT2D eigenvalue weighted by atomic mass is 10.0. The van der Waals surface area contributed by atoms with Gasteiger partial charge >= 0.3 is 12.2 Å². The van der Waals surface area contributed by atoms with Crippen molar-refractivity contribution in [2.24, 2.45) is 11.7 Å². The molecule has 3 heterocycles. The fraction of sp³-hybridized carbons (Fsp3) is 0.273. The Morgan fingerprint density at radius 1 is 1.15 bits per heavy atom. The van der Waals surface area contributed by atoms with Crippen LogP contribution >= 0.6 is 0 Å². The maximum atomic E-state index is 13.4. The lowest BCUT2D eigenvalue weighted by Gasteiger charge is -2.25. The summed E-state index contributed by atoms with van der Waals surface area (Å²) < 4.78 is 56.5. The topological polar surface area (TPSA) is 129 Å². The van der Waals surface area contributed by atoms with Gasteiger partial charge in [-0.25, -0.2) is 9.97 Å². The van der Waals surface area contributed by atoms with Crippen LogP contribution in [-0.4, -0.2) is 40.7 Å². The van der Waals surface area contributed by atoms with Gasteiger partial charge < -0.3 is 24.9 Å². The molecule has 1 fully saturated rings. The third-order valence-electron chi connectivity index (χ3n) is 5.00. The molecule has 0 spiro atoms. The molecule has 3 aromatic rings. The highest BCUT2D eigenvalue weighted by Crippen LogP contribution is 2.35. The molecule has 0 radical (unpaired) electrons. The van der Waals surface area contributed by atoms with Crippen molar-refractivity contribution in [3.8, 4) is 22.9 Å². The van der Waals surface area contributed by atoms with Crippen LogP contribution in [0.1, 0.15) is 21.6 Å². The first kappa shape index (κ1) is 23.2. The van der Waals surface area contributed by atoms with Gasteiger partial charge in [0.15, 0.2) is 0 Å². The number of rotatable bonds is 8. The second-order valence-electron chi connectivity index (χ2n) is 7.56. The number of aromatic amines is 1. The quantitative estimate of drug-likeness (QED) is 0.511. The molecule has 1 amide bonds. The first-order valence-corrected chi connectivity index (χ1v) is 10.1. The molecule has 0 bridgehead atoms. The molecule has 0 aliphatic carbocycles. The number of alkyl halides is 3. The number of nitrogens with one attached hydrogen (secondary N) is 1. The van der Waals surface area contributed by atoms with E-state index >= 15 is 0 Å². The van der Waals surface area contributed by atoms with E-state index in [-0.39, 0.29) is 23.7 Å². The molecule has 12 heteroatoms. The smallest absolute Gasteiger partial charge is 0.431 e. The first-order valence-electron chi connectivity index (χ1n) is 10.1. The van der Waals surface area contributed by atoms with E-state index in [0.717, 1.165) is 6.07 Å². The summed E-state index contributed by atoms with van der Waals surface area (Å²) in [5.74, 6) is -0.408. The minimum atomic E-state index is -4.85. The van der Waals surface area contributed by atoms with Crippen LogP contribution in [0.5, 0.6) is 11.8 Å². The van der Waals surface area contributed by atoms with E-state index < -0.39 is 28.9 Å². The van der Waals surface area contributed by atoms with Crippen LogP contribution in [0.15, 0.2) is 47.5 Å². The molecule has 3 N–H and O–H groups in total. The van der Waals surface area contributed by atoms with Crippen molar-refractivity contribution >= 4 is 5.91 Å². The Bertz CT molecular complexity index is 1220. The van der Waals surface area contributed by atoms with Crippen molar-refractivity contribution in [2.75, 3.05) is 19.8 Å². The standard InChI is InChI=1S/C22H19F3N4O5/c23-22(24,25)18-16(5-17(19(26)30)20(31)29-18)14-1-3-15(4-2-14)33-10-12-6-27-21(28-7-12)34-11-13-8-32-9-13/h1-7,13H,8-11H2,(H2,26,30)(H,29,31). The largest absolute Gasteiger partial charge is 0.489 e. The maximum Gasteiger partial charge on any atom is 0.431 e. The maximum absolute atomic E-state index is 13.4. The number of benzene rings is 1. The number of carbonyl (C=O) groups excluding carboxylic acids is 1. The number of carbonyl (C=O) groups is 1. The molecule has 1 saturated heterocycles. The monoisotopic (exact) mass is 476 g/mol. The fourth-order valence-electron chi connectivity index (χ4n) is 3.13. The number of primary amides is 1. The Kier molecular flexibility index (Phi) is 6.50. The van der Waals surface area contributed by atoms with E-state index in [4.69, 9.17) is 19.9 Å². The number of halogens is 3. The highest BCUT2D eigenvalue weighted by Gasteiger charge is 2.36. The van der Waals surface area contributed by atoms with Crippen molar-refractivity contribution in [1.82, 2.24) is 15.0 Å². The van der Waals surface area contributed by atoms with Crippen molar-refractivity contribution in [3.05, 3.63) is 69.9 Å². The average Bonchev–Trinajstić information content (AvgIpc) is 2.77. The Hall–Kier alpha value is -3.93. The van der Waals surface area contributed by atoms with Crippen LogP contribution < -0.4 is 20.8 Å². The summed E-state index contributed by atoms with van der Waals surface area (Å²) in [6.45, 7) is 1.93. The molecule has 34 heavy (non-hydrogen) atoms. The molecular formula is C22H19F3N4O5. The number of aromatic nitrogens is 3. The molecule has 0 saturated carbocycles. The van der Waals surface area contributed by atoms with Crippen molar-refractivity contribution in [1.29, 1.82) is 0 Å². The van der Waals surface area contributed by atoms with E-state index in [1.165, 1.54) is 24.3 Å². The molecule has 9 nitrogen and oxygen atoms in total. The molecule has 2 aromatic heterocycles. The Balaban J connectivity index is 1.44. The Morgan fingerprint density at radius 3 is 2.38 bits per heavy atom. The zero-order valence-corrected chi connectivity index (χ0v) is 17.6. The van der Waals surface area contributed by atoms with Crippen LogP contribution in [0.25, 0.3) is 11.1 Å². The first-order chi connectivity index (χ1) is 16.2. The zero-order chi connectivity index (χ0) is 24.3. The summed E-state index contributed by atoms with van der Waals surface area (Å²) in [6.07, 6.45) is -1.74. The minimum absolute atomic E-state index is 0.111. The number of nitrogens with zero attached hydrogens (tertiary/aromatic N) is 2. The van der Waals surface area contributed by atoms with Crippen LogP contribution in [0.4, 0.5) is 13.2 Å². The predicted octanol–water partition coefficient (Wildman–Crippen LogP) is 2.55. The third-order valence-corrected chi connectivity index (χ3v) is 5.00. The van der Waals surface area contributed by atoms with Crippen LogP contribution in [0.3, 0.4) is 0 Å². The van der Waals surface area contributed by atoms with Crippen molar-refractivity contribution < 1.29 is 32.2 Å². The Labute approximate surface area is 190 Å². The molecule has 1 aliphatic heterocycles. The molecule has 0 unspecified atom stereocenters. The van der Waals surface area contributed by atoms with Crippen molar-refractivity contribution in [3.63, 3.8) is 0 Å². The highest BCUT2D eigenvalue weighted by atomic mass is 19.4. The van der Waals surface area contributed by atoms with E-state index in [0.29, 0.717) is 37.1 Å². The fourth-order valence-corrected chi connectivity index (χ4v) is 3.13. The highest BCUT2D eigenvalue weighted by molar-refractivity contribution is 5.94. The molecule has 4 rings (SSSR count). The van der Waals surface area contributed by atoms with E-state index in [1.54, 1.807) is 17.4 Å². The SMILES string of the molecule is NC(=O)c1cc(-c2ccc(OCc3cnc(OCC4COC4)nc3)cc2)c(C(F)(F)F)[nH]c1=O. The van der Waals surface area contributed by atoms with E-state index in [9.17, 15) is 22.8 Å². The number of hydrogen-bond donors (Lipinski definition) is 2. The molecule has 1 aromatic carbocycles. The Morgan fingerprint density at radius 2 is 1.82 bits per heavy atom. The summed E-state index contributed by atoms with van der Waals surface area (Å²) in [7, 11) is 0. The number of hydrogen-bond acceptors (Lipinski definition) is 7. The van der Waals surface area contributed by atoms with Gasteiger partial charge in [-0.1, -0.05) is 12.1 Å². The second kappa shape index (κ2) is 9.51. The van der Waals surface area contributed by atoms with Gasteiger partial charge in [-0.2, -0.15) is 13.2 Å². The van der Waals surface area contributed by atoms with Crippen molar-refractivity contribution in [2.45, 2.75) is 12.8 Å². The zero-order valence-electron chi connectivity index (χ0n) is 17.6. The normalized spacial score (nSPS) is 13.9. The number of nitrogens with two attached hydrogens (primary N) is 1. The third kappa shape index (κ3) is 5.34. The second-order valence-corrected chi connectivity index (χ2v) is 7.56.